The molecular formula is C16H20Cl2FN3OS. The third-order valence-electron chi connectivity index (χ3n) is 3.90. The lowest BCUT2D eigenvalue weighted by Gasteiger charge is -2.23. The highest BCUT2D eigenvalue weighted by Crippen LogP contribution is 2.29. The molecule has 1 aromatic heterocycles. The van der Waals surface area contributed by atoms with Crippen LogP contribution in [0, 0.1) is 5.82 Å². The quantitative estimate of drug-likeness (QED) is 0.865. The molecule has 1 atom stereocenters. The second-order valence-corrected chi connectivity index (χ2v) is 6.39. The fourth-order valence-corrected chi connectivity index (χ4v) is 3.72. The second kappa shape index (κ2) is 9.32. The summed E-state index contributed by atoms with van der Waals surface area (Å²) in [5.41, 5.74) is 0.444. The van der Waals surface area contributed by atoms with Gasteiger partial charge in [0.1, 0.15) is 15.7 Å². The van der Waals surface area contributed by atoms with Gasteiger partial charge >= 0.3 is 0 Å². The minimum atomic E-state index is -0.315. The molecule has 1 unspecified atom stereocenters. The normalized spacial score (nSPS) is 16.4. The number of benzene rings is 1. The van der Waals surface area contributed by atoms with E-state index in [9.17, 15) is 9.18 Å². The Bertz CT molecular complexity index is 683. The Kier molecular flexibility index (Phi) is 8.09. The summed E-state index contributed by atoms with van der Waals surface area (Å²) in [6, 6.07) is 6.73. The molecule has 0 spiro atoms. The zero-order chi connectivity index (χ0) is 15.5. The van der Waals surface area contributed by atoms with E-state index >= 15 is 0 Å². The molecule has 1 amide bonds. The average molecular weight is 392 g/mol. The van der Waals surface area contributed by atoms with Gasteiger partial charge in [-0.1, -0.05) is 12.1 Å². The number of likely N-dealkylation sites (tertiary alicyclic amines) is 1. The van der Waals surface area contributed by atoms with E-state index < -0.39 is 0 Å². The minimum Gasteiger partial charge on any atom is -0.334 e. The van der Waals surface area contributed by atoms with Crippen molar-refractivity contribution in [2.75, 3.05) is 20.1 Å². The van der Waals surface area contributed by atoms with Gasteiger partial charge in [-0.25, -0.2) is 9.37 Å². The van der Waals surface area contributed by atoms with Crippen LogP contribution in [0.1, 0.15) is 22.5 Å². The zero-order valence-corrected chi connectivity index (χ0v) is 15.6. The Hall–Kier alpha value is -1.21. The van der Waals surface area contributed by atoms with Gasteiger partial charge in [0, 0.05) is 24.7 Å². The molecule has 0 saturated carbocycles. The van der Waals surface area contributed by atoms with E-state index in [4.69, 9.17) is 0 Å². The molecule has 1 aromatic carbocycles. The fraction of sp³-hybridized carbons (Fsp3) is 0.375. The summed E-state index contributed by atoms with van der Waals surface area (Å²) in [7, 11) is 1.89. The van der Waals surface area contributed by atoms with E-state index in [1.807, 2.05) is 11.9 Å². The van der Waals surface area contributed by atoms with Crippen molar-refractivity contribution in [3.63, 3.8) is 0 Å². The number of likely N-dealkylation sites (N-methyl/N-ethyl adjacent to an activating group) is 1. The minimum absolute atomic E-state index is 0. The molecule has 8 heteroatoms. The van der Waals surface area contributed by atoms with Crippen molar-refractivity contribution in [2.45, 2.75) is 18.9 Å². The van der Waals surface area contributed by atoms with Gasteiger partial charge in [-0.2, -0.15) is 0 Å². The number of nitrogens with one attached hydrogen (secondary N) is 1. The maximum atomic E-state index is 13.8. The Morgan fingerprint density at radius 1 is 1.42 bits per heavy atom. The number of halogens is 3. The van der Waals surface area contributed by atoms with E-state index in [0.29, 0.717) is 15.4 Å². The van der Waals surface area contributed by atoms with Crippen LogP contribution in [-0.4, -0.2) is 42.0 Å². The zero-order valence-electron chi connectivity index (χ0n) is 13.2. The average Bonchev–Trinajstić information content (AvgIpc) is 3.17. The van der Waals surface area contributed by atoms with Crippen LogP contribution in [-0.2, 0) is 0 Å². The Balaban J connectivity index is 0.00000144. The standard InChI is InChI=1S/C16H18FN3OS.2ClH/c1-18-9-11-5-4-8-20(11)16(21)14-10-19-15(22-14)12-6-2-3-7-13(12)17;;/h2-3,6-7,10-11,18H,4-5,8-9H2,1H3;2*1H. The van der Waals surface area contributed by atoms with Crippen LogP contribution < -0.4 is 5.32 Å². The van der Waals surface area contributed by atoms with Crippen LogP contribution >= 0.6 is 36.2 Å². The van der Waals surface area contributed by atoms with Crippen molar-refractivity contribution in [1.82, 2.24) is 15.2 Å². The number of thiazole rings is 1. The number of carbonyl (C=O) groups excluding carboxylic acids is 1. The van der Waals surface area contributed by atoms with E-state index in [2.05, 4.69) is 10.3 Å². The van der Waals surface area contributed by atoms with Gasteiger partial charge in [0.15, 0.2) is 0 Å². The largest absolute Gasteiger partial charge is 0.334 e. The van der Waals surface area contributed by atoms with Crippen LogP contribution in [0.4, 0.5) is 4.39 Å². The van der Waals surface area contributed by atoms with E-state index in [1.165, 1.54) is 17.4 Å². The van der Waals surface area contributed by atoms with Gasteiger partial charge in [0.2, 0.25) is 0 Å². The molecule has 2 heterocycles. The first-order valence-corrected chi connectivity index (χ1v) is 8.18. The molecule has 0 bridgehead atoms. The maximum absolute atomic E-state index is 13.8. The highest BCUT2D eigenvalue weighted by molar-refractivity contribution is 7.16. The highest BCUT2D eigenvalue weighted by Gasteiger charge is 2.30. The van der Waals surface area contributed by atoms with Gasteiger partial charge in [0.05, 0.1) is 6.20 Å². The lowest BCUT2D eigenvalue weighted by molar-refractivity contribution is 0.0741. The van der Waals surface area contributed by atoms with Crippen LogP contribution in [0.2, 0.25) is 0 Å². The van der Waals surface area contributed by atoms with E-state index in [0.717, 1.165) is 25.9 Å². The van der Waals surface area contributed by atoms with Crippen molar-refractivity contribution < 1.29 is 9.18 Å². The number of carbonyl (C=O) groups is 1. The molecule has 2 aromatic rings. The summed E-state index contributed by atoms with van der Waals surface area (Å²) in [6.07, 6.45) is 3.60. The second-order valence-electron chi connectivity index (χ2n) is 5.36. The predicted octanol–water partition coefficient (Wildman–Crippen LogP) is 3.62. The van der Waals surface area contributed by atoms with Crippen molar-refractivity contribution in [3.05, 3.63) is 41.2 Å². The first kappa shape index (κ1) is 20.8. The van der Waals surface area contributed by atoms with Gasteiger partial charge in [-0.15, -0.1) is 36.2 Å². The van der Waals surface area contributed by atoms with Crippen molar-refractivity contribution in [3.8, 4) is 10.6 Å². The molecule has 1 aliphatic rings. The van der Waals surface area contributed by atoms with Gasteiger partial charge < -0.3 is 10.2 Å². The summed E-state index contributed by atoms with van der Waals surface area (Å²) in [5, 5.41) is 3.68. The first-order chi connectivity index (χ1) is 10.7. The predicted molar refractivity (Wildman–Crippen MR) is 100.0 cm³/mol. The number of rotatable bonds is 4. The van der Waals surface area contributed by atoms with E-state index in [1.54, 1.807) is 24.4 Å². The topological polar surface area (TPSA) is 45.2 Å². The summed E-state index contributed by atoms with van der Waals surface area (Å²) in [5.74, 6) is -0.317. The van der Waals surface area contributed by atoms with Crippen LogP contribution in [0.25, 0.3) is 10.6 Å². The molecule has 24 heavy (non-hydrogen) atoms. The summed E-state index contributed by atoms with van der Waals surface area (Å²) >= 11 is 1.25. The highest BCUT2D eigenvalue weighted by atomic mass is 35.5. The molecule has 1 aliphatic heterocycles. The monoisotopic (exact) mass is 391 g/mol. The summed E-state index contributed by atoms with van der Waals surface area (Å²) in [6.45, 7) is 1.57. The van der Waals surface area contributed by atoms with Gasteiger partial charge in [-0.05, 0) is 32.0 Å². The molecule has 132 valence electrons. The smallest absolute Gasteiger partial charge is 0.265 e. The molecule has 4 nitrogen and oxygen atoms in total. The molecular weight excluding hydrogens is 372 g/mol. The SMILES string of the molecule is CNCC1CCCN1C(=O)c1cnc(-c2ccccc2F)s1.Cl.Cl. The van der Waals surface area contributed by atoms with Crippen molar-refractivity contribution in [1.29, 1.82) is 0 Å². The third-order valence-corrected chi connectivity index (χ3v) is 4.92. The molecule has 1 fully saturated rings. The lowest BCUT2D eigenvalue weighted by atomic mass is 10.2. The van der Waals surface area contributed by atoms with E-state index in [-0.39, 0.29) is 42.6 Å². The van der Waals surface area contributed by atoms with Crippen LogP contribution in [0.3, 0.4) is 0 Å². The molecule has 1 N–H and O–H groups in total. The van der Waals surface area contributed by atoms with Crippen LogP contribution in [0.15, 0.2) is 30.5 Å². The Labute approximate surface area is 157 Å². The van der Waals surface area contributed by atoms with Crippen molar-refractivity contribution >= 4 is 42.1 Å². The summed E-state index contributed by atoms with van der Waals surface area (Å²) in [4.78, 5) is 19.3. The lowest BCUT2D eigenvalue weighted by Crippen LogP contribution is -2.40. The third kappa shape index (κ3) is 4.25. The van der Waals surface area contributed by atoms with Crippen molar-refractivity contribution in [2.24, 2.45) is 0 Å². The number of hydrogen-bond acceptors (Lipinski definition) is 4. The number of aromatic nitrogens is 1. The number of amides is 1. The molecule has 0 aliphatic carbocycles. The van der Waals surface area contributed by atoms with Gasteiger partial charge in [-0.3, -0.25) is 4.79 Å². The maximum Gasteiger partial charge on any atom is 0.265 e. The molecule has 3 rings (SSSR count). The number of nitrogens with zero attached hydrogens (tertiary/aromatic N) is 2. The molecule has 0 radical (unpaired) electrons. The van der Waals surface area contributed by atoms with Gasteiger partial charge in [0.25, 0.3) is 5.91 Å². The fourth-order valence-electron chi connectivity index (χ4n) is 2.82. The Morgan fingerprint density at radius 3 is 2.88 bits per heavy atom. The number of hydrogen-bond donors (Lipinski definition) is 1. The Morgan fingerprint density at radius 2 is 2.17 bits per heavy atom. The first-order valence-electron chi connectivity index (χ1n) is 7.37. The summed E-state index contributed by atoms with van der Waals surface area (Å²) < 4.78 is 13.8. The molecule has 1 saturated heterocycles. The van der Waals surface area contributed by atoms with Crippen LogP contribution in [0.5, 0.6) is 0 Å².